The first-order chi connectivity index (χ1) is 7.56. The fourth-order valence-corrected chi connectivity index (χ4v) is 2.32. The molecule has 0 bridgehead atoms. The molecule has 1 aliphatic heterocycles. The fraction of sp³-hybridized carbons (Fsp3) is 0.833. The molecule has 1 fully saturated rings. The van der Waals surface area contributed by atoms with Gasteiger partial charge in [-0.25, -0.2) is 0 Å². The molecule has 3 nitrogen and oxygen atoms in total. The summed E-state index contributed by atoms with van der Waals surface area (Å²) in [4.78, 5) is 24.9. The zero-order valence-electron chi connectivity index (χ0n) is 10.0. The lowest BCUT2D eigenvalue weighted by Crippen LogP contribution is -2.32. The molecule has 0 spiro atoms. The third kappa shape index (κ3) is 3.58. The van der Waals surface area contributed by atoms with E-state index in [4.69, 9.17) is 0 Å². The fourth-order valence-electron chi connectivity index (χ4n) is 1.93. The van der Waals surface area contributed by atoms with E-state index in [1.54, 1.807) is 0 Å². The Kier molecular flexibility index (Phi) is 5.46. The van der Waals surface area contributed by atoms with Gasteiger partial charge in [0.1, 0.15) is 0 Å². The summed E-state index contributed by atoms with van der Waals surface area (Å²) in [5, 5.41) is 0.919. The van der Waals surface area contributed by atoms with Crippen molar-refractivity contribution in [3.05, 3.63) is 0 Å². The maximum absolute atomic E-state index is 11.8. The van der Waals surface area contributed by atoms with Crippen molar-refractivity contribution in [2.75, 3.05) is 11.9 Å². The number of nitrogens with zero attached hydrogens (tertiary/aromatic N) is 1. The summed E-state index contributed by atoms with van der Waals surface area (Å²) in [7, 11) is 0. The quantitative estimate of drug-likeness (QED) is 0.576. The zero-order valence-corrected chi connectivity index (χ0v) is 11.6. The molecule has 2 amide bonds. The summed E-state index contributed by atoms with van der Waals surface area (Å²) < 4.78 is 0. The summed E-state index contributed by atoms with van der Waals surface area (Å²) in [6.45, 7) is 4.84. The highest BCUT2D eigenvalue weighted by atomic mass is 79.9. The predicted molar refractivity (Wildman–Crippen MR) is 67.3 cm³/mol. The van der Waals surface area contributed by atoms with Crippen LogP contribution in [-0.4, -0.2) is 28.6 Å². The molecule has 1 heterocycles. The topological polar surface area (TPSA) is 37.4 Å². The van der Waals surface area contributed by atoms with Crippen molar-refractivity contribution in [3.8, 4) is 0 Å². The molecule has 4 heteroatoms. The maximum atomic E-state index is 11.8. The summed E-state index contributed by atoms with van der Waals surface area (Å²) in [6, 6.07) is 0. The molecule has 92 valence electrons. The molecule has 0 aromatic rings. The number of carbonyl (C=O) groups excluding carboxylic acids is 2. The molecule has 1 rings (SSSR count). The standard InChI is InChI=1S/C12H20BrNO2/c1-9(2)10-7-12(16)14(8-10)11(15)5-3-4-6-13/h9-10H,3-8H2,1-2H3. The third-order valence-electron chi connectivity index (χ3n) is 3.17. The van der Waals surface area contributed by atoms with Crippen LogP contribution in [0.15, 0.2) is 0 Å². The Morgan fingerprint density at radius 2 is 2.19 bits per heavy atom. The maximum Gasteiger partial charge on any atom is 0.229 e. The van der Waals surface area contributed by atoms with E-state index in [9.17, 15) is 9.59 Å². The first kappa shape index (κ1) is 13.7. The average molecular weight is 290 g/mol. The molecule has 1 atom stereocenters. The van der Waals surface area contributed by atoms with E-state index in [0.717, 1.165) is 18.2 Å². The Morgan fingerprint density at radius 1 is 1.50 bits per heavy atom. The van der Waals surface area contributed by atoms with Crippen LogP contribution in [0.25, 0.3) is 0 Å². The smallest absolute Gasteiger partial charge is 0.229 e. The van der Waals surface area contributed by atoms with Gasteiger partial charge in [0, 0.05) is 24.7 Å². The number of likely N-dealkylation sites (tertiary alicyclic amines) is 1. The van der Waals surface area contributed by atoms with Crippen LogP contribution in [0.4, 0.5) is 0 Å². The second kappa shape index (κ2) is 6.38. The third-order valence-corrected chi connectivity index (χ3v) is 3.73. The normalized spacial score (nSPS) is 20.9. The number of imide groups is 1. The van der Waals surface area contributed by atoms with Gasteiger partial charge in [-0.3, -0.25) is 14.5 Å². The van der Waals surface area contributed by atoms with Crippen LogP contribution in [0.3, 0.4) is 0 Å². The first-order valence-corrected chi connectivity index (χ1v) is 7.07. The van der Waals surface area contributed by atoms with Gasteiger partial charge >= 0.3 is 0 Å². The van der Waals surface area contributed by atoms with E-state index >= 15 is 0 Å². The second-order valence-electron chi connectivity index (χ2n) is 4.75. The minimum Gasteiger partial charge on any atom is -0.282 e. The van der Waals surface area contributed by atoms with Crippen LogP contribution in [0.5, 0.6) is 0 Å². The monoisotopic (exact) mass is 289 g/mol. The van der Waals surface area contributed by atoms with Crippen molar-refractivity contribution in [2.45, 2.75) is 39.5 Å². The SMILES string of the molecule is CC(C)C1CC(=O)N(C(=O)CCCCBr)C1. The Bertz CT molecular complexity index is 266. The highest BCUT2D eigenvalue weighted by molar-refractivity contribution is 9.09. The Hall–Kier alpha value is -0.380. The minimum atomic E-state index is 0.00843. The molecule has 0 saturated carbocycles. The van der Waals surface area contributed by atoms with Crippen molar-refractivity contribution in [1.29, 1.82) is 0 Å². The van der Waals surface area contributed by atoms with Gasteiger partial charge in [0.2, 0.25) is 11.8 Å². The van der Waals surface area contributed by atoms with Crippen LogP contribution in [0, 0.1) is 11.8 Å². The highest BCUT2D eigenvalue weighted by Gasteiger charge is 2.34. The Morgan fingerprint density at radius 3 is 2.69 bits per heavy atom. The molecule has 0 N–H and O–H groups in total. The van der Waals surface area contributed by atoms with Gasteiger partial charge < -0.3 is 0 Å². The van der Waals surface area contributed by atoms with Crippen LogP contribution in [0.2, 0.25) is 0 Å². The first-order valence-electron chi connectivity index (χ1n) is 5.95. The van der Waals surface area contributed by atoms with Gasteiger partial charge in [0.15, 0.2) is 0 Å². The summed E-state index contributed by atoms with van der Waals surface area (Å²) in [5.41, 5.74) is 0. The number of rotatable bonds is 5. The van der Waals surface area contributed by atoms with Crippen LogP contribution < -0.4 is 0 Å². The van der Waals surface area contributed by atoms with Crippen LogP contribution >= 0.6 is 15.9 Å². The number of halogens is 1. The van der Waals surface area contributed by atoms with E-state index in [0.29, 0.717) is 31.2 Å². The molecule has 16 heavy (non-hydrogen) atoms. The average Bonchev–Trinajstić information content (AvgIpc) is 2.61. The van der Waals surface area contributed by atoms with Gasteiger partial charge in [-0.2, -0.15) is 0 Å². The molecule has 0 aromatic heterocycles. The van der Waals surface area contributed by atoms with Gasteiger partial charge in [0.25, 0.3) is 0 Å². The summed E-state index contributed by atoms with van der Waals surface area (Å²) in [6.07, 6.45) is 2.89. The van der Waals surface area contributed by atoms with Crippen molar-refractivity contribution < 1.29 is 9.59 Å². The molecule has 0 aromatic carbocycles. The predicted octanol–water partition coefficient (Wildman–Crippen LogP) is 2.58. The van der Waals surface area contributed by atoms with E-state index < -0.39 is 0 Å². The molecule has 0 radical (unpaired) electrons. The van der Waals surface area contributed by atoms with E-state index in [2.05, 4.69) is 29.8 Å². The van der Waals surface area contributed by atoms with Crippen molar-refractivity contribution >= 4 is 27.7 Å². The molecular weight excluding hydrogens is 270 g/mol. The van der Waals surface area contributed by atoms with Gasteiger partial charge in [-0.1, -0.05) is 29.8 Å². The largest absolute Gasteiger partial charge is 0.282 e. The molecule has 1 unspecified atom stereocenters. The van der Waals surface area contributed by atoms with Crippen molar-refractivity contribution in [2.24, 2.45) is 11.8 Å². The van der Waals surface area contributed by atoms with Gasteiger partial charge in [0.05, 0.1) is 0 Å². The number of hydrogen-bond acceptors (Lipinski definition) is 2. The van der Waals surface area contributed by atoms with E-state index in [1.807, 2.05) is 0 Å². The zero-order chi connectivity index (χ0) is 12.1. The molecule has 1 aliphatic rings. The second-order valence-corrected chi connectivity index (χ2v) is 5.55. The Labute approximate surface area is 106 Å². The number of carbonyl (C=O) groups is 2. The van der Waals surface area contributed by atoms with Crippen LogP contribution in [0.1, 0.15) is 39.5 Å². The number of amides is 2. The molecule has 1 saturated heterocycles. The minimum absolute atomic E-state index is 0.00843. The number of alkyl halides is 1. The van der Waals surface area contributed by atoms with Gasteiger partial charge in [-0.05, 0) is 24.7 Å². The molecular formula is C12H20BrNO2. The lowest BCUT2D eigenvalue weighted by atomic mass is 9.95. The number of hydrogen-bond donors (Lipinski definition) is 0. The van der Waals surface area contributed by atoms with Crippen LogP contribution in [-0.2, 0) is 9.59 Å². The lowest BCUT2D eigenvalue weighted by Gasteiger charge is -2.16. The summed E-state index contributed by atoms with van der Waals surface area (Å²) in [5.74, 6) is 0.855. The highest BCUT2D eigenvalue weighted by Crippen LogP contribution is 2.25. The van der Waals surface area contributed by atoms with Crippen molar-refractivity contribution in [1.82, 2.24) is 4.90 Å². The van der Waals surface area contributed by atoms with E-state index in [-0.39, 0.29) is 11.8 Å². The van der Waals surface area contributed by atoms with E-state index in [1.165, 1.54) is 4.90 Å². The molecule has 0 aliphatic carbocycles. The van der Waals surface area contributed by atoms with Gasteiger partial charge in [-0.15, -0.1) is 0 Å². The number of unbranched alkanes of at least 4 members (excludes halogenated alkanes) is 1. The Balaban J connectivity index is 2.42. The van der Waals surface area contributed by atoms with Crippen molar-refractivity contribution in [3.63, 3.8) is 0 Å². The summed E-state index contributed by atoms with van der Waals surface area (Å²) >= 11 is 3.33. The lowest BCUT2D eigenvalue weighted by molar-refractivity contribution is -0.141.